The zero-order valence-corrected chi connectivity index (χ0v) is 14.4. The van der Waals surface area contributed by atoms with Crippen LogP contribution >= 0.6 is 7.92 Å². The van der Waals surface area contributed by atoms with E-state index in [9.17, 15) is 13.2 Å². The molecule has 1 nitrogen and oxygen atoms in total. The number of hydrogen-bond acceptors (Lipinski definition) is 1. The highest BCUT2D eigenvalue weighted by Gasteiger charge is 2.37. The molecule has 5 heteroatoms. The number of ether oxygens (including phenoxy) is 1. The third-order valence-corrected chi connectivity index (χ3v) is 8.75. The number of methoxy groups -OCH3 is 1. The van der Waals surface area contributed by atoms with Crippen molar-refractivity contribution in [3.05, 3.63) is 23.8 Å². The highest BCUT2D eigenvalue weighted by atomic mass is 31.1. The van der Waals surface area contributed by atoms with Crippen molar-refractivity contribution < 1.29 is 17.9 Å². The largest absolute Gasteiger partial charge is 0.496 e. The van der Waals surface area contributed by atoms with Crippen molar-refractivity contribution in [3.63, 3.8) is 0 Å². The molecular formula is C18H24F3OP. The average molecular weight is 344 g/mol. The van der Waals surface area contributed by atoms with Gasteiger partial charge < -0.3 is 4.74 Å². The number of benzene rings is 1. The maximum Gasteiger partial charge on any atom is 0.416 e. The third-order valence-electron chi connectivity index (χ3n) is 5.22. The molecule has 2 aliphatic carbocycles. The molecule has 2 saturated carbocycles. The van der Waals surface area contributed by atoms with Gasteiger partial charge in [-0.25, -0.2) is 0 Å². The van der Waals surface area contributed by atoms with Gasteiger partial charge in [0.25, 0.3) is 0 Å². The van der Waals surface area contributed by atoms with E-state index in [1.165, 1.54) is 70.6 Å². The van der Waals surface area contributed by atoms with Crippen LogP contribution in [0.3, 0.4) is 0 Å². The van der Waals surface area contributed by atoms with Gasteiger partial charge in [-0.1, -0.05) is 39.7 Å². The van der Waals surface area contributed by atoms with Gasteiger partial charge in [-0.05, 0) is 49.1 Å². The van der Waals surface area contributed by atoms with Crippen molar-refractivity contribution in [2.45, 2.75) is 68.9 Å². The van der Waals surface area contributed by atoms with E-state index in [0.717, 1.165) is 5.30 Å². The van der Waals surface area contributed by atoms with E-state index in [1.54, 1.807) is 6.07 Å². The Bertz CT molecular complexity index is 516. The van der Waals surface area contributed by atoms with Crippen molar-refractivity contribution in [1.29, 1.82) is 0 Å². The number of alkyl halides is 3. The first-order valence-electron chi connectivity index (χ1n) is 8.54. The lowest BCUT2D eigenvalue weighted by Gasteiger charge is -2.31. The maximum atomic E-state index is 13.0. The van der Waals surface area contributed by atoms with E-state index in [-0.39, 0.29) is 0 Å². The Morgan fingerprint density at radius 1 is 0.957 bits per heavy atom. The van der Waals surface area contributed by atoms with Gasteiger partial charge in [0.05, 0.1) is 12.7 Å². The molecule has 0 atom stereocenters. The summed E-state index contributed by atoms with van der Waals surface area (Å²) in [5, 5.41) is 1.06. The highest BCUT2D eigenvalue weighted by molar-refractivity contribution is 7.67. The molecule has 0 aliphatic heterocycles. The van der Waals surface area contributed by atoms with Gasteiger partial charge in [-0.2, -0.15) is 13.2 Å². The minimum absolute atomic E-state index is 0.425. The molecular weight excluding hydrogens is 320 g/mol. The maximum absolute atomic E-state index is 13.0. The molecule has 128 valence electrons. The molecule has 3 rings (SSSR count). The second-order valence-corrected chi connectivity index (χ2v) is 9.43. The summed E-state index contributed by atoms with van der Waals surface area (Å²) in [4.78, 5) is 0. The van der Waals surface area contributed by atoms with E-state index in [1.807, 2.05) is 0 Å². The van der Waals surface area contributed by atoms with Crippen LogP contribution in [-0.4, -0.2) is 18.4 Å². The van der Waals surface area contributed by atoms with Gasteiger partial charge in [0.1, 0.15) is 5.75 Å². The molecule has 0 amide bonds. The lowest BCUT2D eigenvalue weighted by atomic mass is 10.2. The topological polar surface area (TPSA) is 9.23 Å². The Hall–Kier alpha value is -0.760. The minimum atomic E-state index is -4.31. The van der Waals surface area contributed by atoms with Gasteiger partial charge in [0.2, 0.25) is 0 Å². The van der Waals surface area contributed by atoms with Gasteiger partial charge in [0, 0.05) is 5.30 Å². The van der Waals surface area contributed by atoms with E-state index >= 15 is 0 Å². The van der Waals surface area contributed by atoms with E-state index in [0.29, 0.717) is 17.1 Å². The summed E-state index contributed by atoms with van der Waals surface area (Å²) in [5.41, 5.74) is 0.725. The molecule has 1 aromatic carbocycles. The fraction of sp³-hybridized carbons (Fsp3) is 0.667. The standard InChI is InChI=1S/C18H24F3OP/c1-22-16-12-13(18(19,20)21)10-11-17(16)23(14-6-2-3-7-14)15-8-4-5-9-15/h10-12,14-15H,2-9H2,1H3. The number of rotatable bonds is 4. The smallest absolute Gasteiger partial charge is 0.416 e. The van der Waals surface area contributed by atoms with Crippen molar-refractivity contribution in [2.75, 3.05) is 7.11 Å². The third kappa shape index (κ3) is 3.68. The van der Waals surface area contributed by atoms with Crippen LogP contribution in [-0.2, 0) is 6.18 Å². The van der Waals surface area contributed by atoms with Gasteiger partial charge in [0.15, 0.2) is 0 Å². The molecule has 0 bridgehead atoms. The first-order chi connectivity index (χ1) is 11.0. The fourth-order valence-corrected chi connectivity index (χ4v) is 8.01. The van der Waals surface area contributed by atoms with E-state index in [2.05, 4.69) is 0 Å². The summed E-state index contributed by atoms with van der Waals surface area (Å²) in [6.07, 6.45) is 5.66. The molecule has 0 saturated heterocycles. The predicted octanol–water partition coefficient (Wildman–Crippen LogP) is 5.71. The van der Waals surface area contributed by atoms with Crippen LogP contribution in [0, 0.1) is 0 Å². The molecule has 0 heterocycles. The number of hydrogen-bond donors (Lipinski definition) is 0. The van der Waals surface area contributed by atoms with Crippen molar-refractivity contribution in [3.8, 4) is 5.75 Å². The highest BCUT2D eigenvalue weighted by Crippen LogP contribution is 2.57. The van der Waals surface area contributed by atoms with Crippen LogP contribution in [0.25, 0.3) is 0 Å². The Labute approximate surface area is 137 Å². The molecule has 1 aromatic rings. The van der Waals surface area contributed by atoms with Crippen molar-refractivity contribution >= 4 is 13.2 Å². The van der Waals surface area contributed by atoms with E-state index < -0.39 is 19.7 Å². The quantitative estimate of drug-likeness (QED) is 0.636. The second kappa shape index (κ2) is 7.01. The van der Waals surface area contributed by atoms with Crippen LogP contribution in [0.15, 0.2) is 18.2 Å². The lowest BCUT2D eigenvalue weighted by molar-refractivity contribution is -0.137. The summed E-state index contributed by atoms with van der Waals surface area (Å²) in [6.45, 7) is 0. The predicted molar refractivity (Wildman–Crippen MR) is 89.1 cm³/mol. The summed E-state index contributed by atoms with van der Waals surface area (Å²) in [6, 6.07) is 4.16. The van der Waals surface area contributed by atoms with Gasteiger partial charge >= 0.3 is 6.18 Å². The SMILES string of the molecule is COc1cc(C(F)(F)F)ccc1P(C1CCCC1)C1CCCC1. The Morgan fingerprint density at radius 2 is 1.48 bits per heavy atom. The Morgan fingerprint density at radius 3 is 1.91 bits per heavy atom. The molecule has 2 fully saturated rings. The molecule has 23 heavy (non-hydrogen) atoms. The van der Waals surface area contributed by atoms with Crippen molar-refractivity contribution in [1.82, 2.24) is 0 Å². The Balaban J connectivity index is 1.97. The second-order valence-electron chi connectivity index (χ2n) is 6.67. The first-order valence-corrected chi connectivity index (χ1v) is 10.0. The molecule has 0 unspecified atom stereocenters. The number of halogens is 3. The monoisotopic (exact) mass is 344 g/mol. The van der Waals surface area contributed by atoms with Crippen LogP contribution in [0.4, 0.5) is 13.2 Å². The fourth-order valence-electron chi connectivity index (χ4n) is 4.12. The summed E-state index contributed by atoms with van der Waals surface area (Å²) in [5.74, 6) is 0.449. The van der Waals surface area contributed by atoms with Crippen LogP contribution in [0.1, 0.15) is 56.9 Å². The molecule has 0 N–H and O–H groups in total. The average Bonchev–Trinajstić information content (AvgIpc) is 3.20. The molecule has 0 radical (unpaired) electrons. The lowest BCUT2D eigenvalue weighted by Crippen LogP contribution is -2.21. The van der Waals surface area contributed by atoms with Crippen LogP contribution in [0.5, 0.6) is 5.75 Å². The van der Waals surface area contributed by atoms with Gasteiger partial charge in [-0.15, -0.1) is 0 Å². The molecule has 0 spiro atoms. The first kappa shape index (κ1) is 17.1. The zero-order chi connectivity index (χ0) is 16.4. The zero-order valence-electron chi connectivity index (χ0n) is 13.5. The summed E-state index contributed by atoms with van der Waals surface area (Å²) >= 11 is 0. The minimum Gasteiger partial charge on any atom is -0.496 e. The van der Waals surface area contributed by atoms with Crippen LogP contribution < -0.4 is 10.0 Å². The van der Waals surface area contributed by atoms with Crippen LogP contribution in [0.2, 0.25) is 0 Å². The van der Waals surface area contributed by atoms with E-state index in [4.69, 9.17) is 4.74 Å². The molecule has 0 aromatic heterocycles. The summed E-state index contributed by atoms with van der Waals surface area (Å²) < 4.78 is 44.4. The van der Waals surface area contributed by atoms with Gasteiger partial charge in [-0.3, -0.25) is 0 Å². The Kier molecular flexibility index (Phi) is 5.20. The molecule has 2 aliphatic rings. The summed E-state index contributed by atoms with van der Waals surface area (Å²) in [7, 11) is 1.07. The van der Waals surface area contributed by atoms with Crippen molar-refractivity contribution in [2.24, 2.45) is 0 Å². The normalized spacial score (nSPS) is 20.6.